The van der Waals surface area contributed by atoms with Crippen molar-refractivity contribution in [3.63, 3.8) is 0 Å². The van der Waals surface area contributed by atoms with Crippen molar-refractivity contribution in [2.24, 2.45) is 5.92 Å². The molecule has 0 N–H and O–H groups in total. The van der Waals surface area contributed by atoms with Crippen molar-refractivity contribution >= 4 is 0 Å². The van der Waals surface area contributed by atoms with E-state index in [-0.39, 0.29) is 0 Å². The van der Waals surface area contributed by atoms with Crippen LogP contribution < -0.4 is 0 Å². The van der Waals surface area contributed by atoms with Crippen LogP contribution in [0.15, 0.2) is 16.5 Å². The summed E-state index contributed by atoms with van der Waals surface area (Å²) in [6, 6.07) is 4.08. The number of rotatable bonds is 5. The van der Waals surface area contributed by atoms with Crippen LogP contribution in [0.2, 0.25) is 0 Å². The van der Waals surface area contributed by atoms with Gasteiger partial charge in [0, 0.05) is 6.54 Å². The fourth-order valence-electron chi connectivity index (χ4n) is 1.56. The number of furan rings is 1. The van der Waals surface area contributed by atoms with Gasteiger partial charge in [0.2, 0.25) is 0 Å². The Morgan fingerprint density at radius 2 is 2.14 bits per heavy atom. The third-order valence-electron chi connectivity index (χ3n) is 2.54. The largest absolute Gasteiger partial charge is 0.465 e. The molecular weight excluding hydrogens is 174 g/mol. The Balaban J connectivity index is 2.37. The van der Waals surface area contributed by atoms with Crippen LogP contribution in [0.3, 0.4) is 0 Å². The summed E-state index contributed by atoms with van der Waals surface area (Å²) in [5.74, 6) is 2.82. The van der Waals surface area contributed by atoms with Crippen molar-refractivity contribution in [1.29, 1.82) is 0 Å². The predicted molar refractivity (Wildman–Crippen MR) is 59.2 cm³/mol. The zero-order valence-corrected chi connectivity index (χ0v) is 9.71. The highest BCUT2D eigenvalue weighted by atomic mass is 16.3. The van der Waals surface area contributed by atoms with Gasteiger partial charge in [-0.05, 0) is 32.0 Å². The molecule has 80 valence electrons. The fraction of sp³-hybridized carbons (Fsp3) is 0.667. The maximum Gasteiger partial charge on any atom is 0.118 e. The lowest BCUT2D eigenvalue weighted by molar-refractivity contribution is 0.253. The van der Waals surface area contributed by atoms with E-state index < -0.39 is 0 Å². The second-order valence-electron chi connectivity index (χ2n) is 4.22. The van der Waals surface area contributed by atoms with E-state index in [1.807, 2.05) is 13.0 Å². The molecule has 0 amide bonds. The number of nitrogens with zero attached hydrogens (tertiary/aromatic N) is 1. The second-order valence-corrected chi connectivity index (χ2v) is 4.22. The first kappa shape index (κ1) is 11.3. The summed E-state index contributed by atoms with van der Waals surface area (Å²) < 4.78 is 5.53. The van der Waals surface area contributed by atoms with Crippen molar-refractivity contribution in [2.45, 2.75) is 33.7 Å². The minimum atomic E-state index is 0.760. The molecule has 1 rings (SSSR count). The van der Waals surface area contributed by atoms with Crippen LogP contribution in [-0.2, 0) is 6.54 Å². The second kappa shape index (κ2) is 5.20. The van der Waals surface area contributed by atoms with E-state index in [1.165, 1.54) is 6.42 Å². The lowest BCUT2D eigenvalue weighted by Crippen LogP contribution is -2.23. The Bertz CT molecular complexity index is 267. The van der Waals surface area contributed by atoms with Crippen LogP contribution in [0.5, 0.6) is 0 Å². The summed E-state index contributed by atoms with van der Waals surface area (Å²) in [5.41, 5.74) is 0. The van der Waals surface area contributed by atoms with Crippen molar-refractivity contribution in [2.75, 3.05) is 13.6 Å². The van der Waals surface area contributed by atoms with Crippen LogP contribution in [0, 0.1) is 12.8 Å². The van der Waals surface area contributed by atoms with Gasteiger partial charge in [-0.2, -0.15) is 0 Å². The molecular formula is C12H21NO. The molecule has 1 aromatic rings. The minimum absolute atomic E-state index is 0.760. The quantitative estimate of drug-likeness (QED) is 0.718. The van der Waals surface area contributed by atoms with Gasteiger partial charge in [0.25, 0.3) is 0 Å². The molecule has 0 aliphatic heterocycles. The molecule has 2 nitrogen and oxygen atoms in total. The first-order chi connectivity index (χ1) is 6.61. The van der Waals surface area contributed by atoms with Gasteiger partial charge in [-0.1, -0.05) is 20.3 Å². The third kappa shape index (κ3) is 3.54. The zero-order valence-electron chi connectivity index (χ0n) is 9.71. The molecule has 1 heterocycles. The average molecular weight is 195 g/mol. The predicted octanol–water partition coefficient (Wildman–Crippen LogP) is 3.07. The van der Waals surface area contributed by atoms with Gasteiger partial charge in [-0.15, -0.1) is 0 Å². The van der Waals surface area contributed by atoms with E-state index in [9.17, 15) is 0 Å². The van der Waals surface area contributed by atoms with Gasteiger partial charge in [0.05, 0.1) is 6.54 Å². The van der Waals surface area contributed by atoms with E-state index in [0.29, 0.717) is 0 Å². The topological polar surface area (TPSA) is 16.4 Å². The molecule has 0 aliphatic carbocycles. The fourth-order valence-corrected chi connectivity index (χ4v) is 1.56. The zero-order chi connectivity index (χ0) is 10.6. The van der Waals surface area contributed by atoms with Gasteiger partial charge >= 0.3 is 0 Å². The summed E-state index contributed by atoms with van der Waals surface area (Å²) in [6.45, 7) is 8.55. The molecule has 1 aromatic heterocycles. The summed E-state index contributed by atoms with van der Waals surface area (Å²) >= 11 is 0. The maximum atomic E-state index is 5.53. The summed E-state index contributed by atoms with van der Waals surface area (Å²) in [7, 11) is 2.14. The SMILES string of the molecule is CC[C@H](C)CN(C)Cc1ccc(C)o1. The molecule has 0 saturated carbocycles. The summed E-state index contributed by atoms with van der Waals surface area (Å²) in [6.07, 6.45) is 1.24. The number of hydrogen-bond donors (Lipinski definition) is 0. The lowest BCUT2D eigenvalue weighted by Gasteiger charge is -2.18. The Labute approximate surface area is 86.9 Å². The number of hydrogen-bond acceptors (Lipinski definition) is 2. The molecule has 0 bridgehead atoms. The summed E-state index contributed by atoms with van der Waals surface area (Å²) in [5, 5.41) is 0. The molecule has 0 aromatic carbocycles. The Morgan fingerprint density at radius 1 is 1.43 bits per heavy atom. The van der Waals surface area contributed by atoms with E-state index >= 15 is 0 Å². The van der Waals surface area contributed by atoms with Crippen molar-refractivity contribution < 1.29 is 4.42 Å². The van der Waals surface area contributed by atoms with Gasteiger partial charge in [-0.3, -0.25) is 4.90 Å². The molecule has 0 aliphatic rings. The molecule has 0 radical (unpaired) electrons. The summed E-state index contributed by atoms with van der Waals surface area (Å²) in [4.78, 5) is 2.31. The van der Waals surface area contributed by atoms with Gasteiger partial charge < -0.3 is 4.42 Å². The standard InChI is InChI=1S/C12H21NO/c1-5-10(2)8-13(4)9-12-7-6-11(3)14-12/h6-7,10H,5,8-9H2,1-4H3/t10-/m0/s1. The van der Waals surface area contributed by atoms with Crippen LogP contribution in [0.4, 0.5) is 0 Å². The highest BCUT2D eigenvalue weighted by molar-refractivity contribution is 5.05. The van der Waals surface area contributed by atoms with Crippen molar-refractivity contribution in [1.82, 2.24) is 4.90 Å². The molecule has 1 atom stereocenters. The van der Waals surface area contributed by atoms with Gasteiger partial charge in [0.1, 0.15) is 11.5 Å². The smallest absolute Gasteiger partial charge is 0.118 e. The molecule has 0 unspecified atom stereocenters. The molecule has 0 saturated heterocycles. The van der Waals surface area contributed by atoms with Crippen molar-refractivity contribution in [3.05, 3.63) is 23.7 Å². The van der Waals surface area contributed by atoms with Crippen LogP contribution in [0.25, 0.3) is 0 Å². The van der Waals surface area contributed by atoms with Gasteiger partial charge in [-0.25, -0.2) is 0 Å². The van der Waals surface area contributed by atoms with Gasteiger partial charge in [0.15, 0.2) is 0 Å². The van der Waals surface area contributed by atoms with Crippen LogP contribution in [0.1, 0.15) is 31.8 Å². The maximum absolute atomic E-state index is 5.53. The first-order valence-electron chi connectivity index (χ1n) is 5.35. The monoisotopic (exact) mass is 195 g/mol. The van der Waals surface area contributed by atoms with E-state index in [1.54, 1.807) is 0 Å². The Kier molecular flexibility index (Phi) is 4.21. The van der Waals surface area contributed by atoms with Crippen LogP contribution in [-0.4, -0.2) is 18.5 Å². The highest BCUT2D eigenvalue weighted by Crippen LogP contribution is 2.10. The normalized spacial score (nSPS) is 13.5. The minimum Gasteiger partial charge on any atom is -0.465 e. The average Bonchev–Trinajstić information content (AvgIpc) is 2.50. The highest BCUT2D eigenvalue weighted by Gasteiger charge is 2.06. The van der Waals surface area contributed by atoms with E-state index in [2.05, 4.69) is 31.9 Å². The first-order valence-corrected chi connectivity index (χ1v) is 5.35. The molecule has 2 heteroatoms. The Morgan fingerprint density at radius 3 is 2.64 bits per heavy atom. The Hall–Kier alpha value is -0.760. The van der Waals surface area contributed by atoms with E-state index in [0.717, 1.165) is 30.5 Å². The molecule has 14 heavy (non-hydrogen) atoms. The molecule has 0 spiro atoms. The van der Waals surface area contributed by atoms with Crippen LogP contribution >= 0.6 is 0 Å². The third-order valence-corrected chi connectivity index (χ3v) is 2.54. The number of aryl methyl sites for hydroxylation is 1. The molecule has 0 fully saturated rings. The van der Waals surface area contributed by atoms with E-state index in [4.69, 9.17) is 4.42 Å². The van der Waals surface area contributed by atoms with Crippen molar-refractivity contribution in [3.8, 4) is 0 Å². The lowest BCUT2D eigenvalue weighted by atomic mass is 10.1.